The lowest BCUT2D eigenvalue weighted by Crippen LogP contribution is -2.34. The van der Waals surface area contributed by atoms with Gasteiger partial charge in [-0.1, -0.05) is 164 Å². The van der Waals surface area contributed by atoms with Gasteiger partial charge in [-0.3, -0.25) is 0 Å². The van der Waals surface area contributed by atoms with Gasteiger partial charge in [-0.25, -0.2) is 0 Å². The summed E-state index contributed by atoms with van der Waals surface area (Å²) in [5.74, 6) is 0. The molecule has 214 valence electrons. The van der Waals surface area contributed by atoms with Crippen LogP contribution in [-0.2, 0) is 5.41 Å². The van der Waals surface area contributed by atoms with E-state index in [0.717, 1.165) is 27.5 Å². The normalized spacial score (nSPS) is 13.4. The monoisotopic (exact) mass is 584 g/mol. The summed E-state index contributed by atoms with van der Waals surface area (Å²) in [4.78, 5) is 0. The average molecular weight is 585 g/mol. The van der Waals surface area contributed by atoms with Crippen molar-refractivity contribution < 1.29 is 4.42 Å². The highest BCUT2D eigenvalue weighted by Gasteiger charge is 2.44. The van der Waals surface area contributed by atoms with E-state index in [4.69, 9.17) is 4.42 Å². The maximum absolute atomic E-state index is 6.67. The number of hydrogen-bond donors (Lipinski definition) is 0. The maximum atomic E-state index is 6.67. The summed E-state index contributed by atoms with van der Waals surface area (Å²) in [7, 11) is 0. The van der Waals surface area contributed by atoms with Crippen molar-refractivity contribution >= 4 is 43.5 Å². The van der Waals surface area contributed by atoms with Crippen molar-refractivity contribution in [1.82, 2.24) is 0 Å². The second kappa shape index (κ2) is 9.54. The topological polar surface area (TPSA) is 13.1 Å². The van der Waals surface area contributed by atoms with Crippen molar-refractivity contribution in [3.63, 3.8) is 0 Å². The van der Waals surface area contributed by atoms with Crippen molar-refractivity contribution in [3.05, 3.63) is 192 Å². The minimum Gasteiger partial charge on any atom is -0.455 e. The molecule has 0 spiro atoms. The smallest absolute Gasteiger partial charge is 0.143 e. The average Bonchev–Trinajstić information content (AvgIpc) is 3.52. The SMILES string of the molecule is c1ccc(C2(c3ccccc3)c3ccccc3-c3c4ccccc4c(-c4cccc5c4oc4ccccc45)c4cccc2c34)cc1. The zero-order chi connectivity index (χ0) is 30.2. The molecule has 0 aliphatic heterocycles. The molecule has 0 N–H and O–H groups in total. The van der Waals surface area contributed by atoms with Gasteiger partial charge in [0.15, 0.2) is 0 Å². The Labute approximate surface area is 267 Å². The van der Waals surface area contributed by atoms with Gasteiger partial charge in [0.05, 0.1) is 5.41 Å². The molecule has 10 rings (SSSR count). The van der Waals surface area contributed by atoms with Gasteiger partial charge in [-0.2, -0.15) is 0 Å². The fraction of sp³-hybridized carbons (Fsp3) is 0.0222. The molecular weight excluding hydrogens is 556 g/mol. The Hall–Kier alpha value is -5.92. The number of furan rings is 1. The predicted molar refractivity (Wildman–Crippen MR) is 191 cm³/mol. The molecule has 1 heteroatoms. The Kier molecular flexibility index (Phi) is 5.27. The Morgan fingerprint density at radius 2 is 0.870 bits per heavy atom. The van der Waals surface area contributed by atoms with Gasteiger partial charge in [0.1, 0.15) is 11.2 Å². The zero-order valence-corrected chi connectivity index (χ0v) is 25.1. The lowest BCUT2D eigenvalue weighted by Gasteiger charge is -2.42. The molecule has 0 saturated carbocycles. The van der Waals surface area contributed by atoms with Crippen molar-refractivity contribution in [1.29, 1.82) is 0 Å². The molecular formula is C45H28O. The van der Waals surface area contributed by atoms with Gasteiger partial charge < -0.3 is 4.42 Å². The summed E-state index contributed by atoms with van der Waals surface area (Å²) in [6, 6.07) is 62.0. The molecule has 8 aromatic carbocycles. The van der Waals surface area contributed by atoms with Crippen LogP contribution in [0.4, 0.5) is 0 Å². The van der Waals surface area contributed by atoms with Crippen LogP contribution in [0.3, 0.4) is 0 Å². The van der Waals surface area contributed by atoms with Gasteiger partial charge in [-0.15, -0.1) is 0 Å². The van der Waals surface area contributed by atoms with Gasteiger partial charge in [0.2, 0.25) is 0 Å². The highest BCUT2D eigenvalue weighted by Crippen LogP contribution is 2.58. The minimum atomic E-state index is -0.503. The third kappa shape index (κ3) is 3.24. The Morgan fingerprint density at radius 3 is 1.63 bits per heavy atom. The molecule has 0 amide bonds. The first-order valence-corrected chi connectivity index (χ1v) is 15.9. The molecule has 0 radical (unpaired) electrons. The molecule has 1 aliphatic carbocycles. The fourth-order valence-corrected chi connectivity index (χ4v) is 8.39. The second-order valence-corrected chi connectivity index (χ2v) is 12.3. The molecule has 0 fully saturated rings. The lowest BCUT2D eigenvalue weighted by atomic mass is 9.59. The molecule has 0 saturated heterocycles. The number of hydrogen-bond acceptors (Lipinski definition) is 1. The van der Waals surface area contributed by atoms with E-state index in [1.165, 1.54) is 60.5 Å². The van der Waals surface area contributed by atoms with Gasteiger partial charge in [-0.05, 0) is 61.0 Å². The first kappa shape index (κ1) is 25.4. The van der Waals surface area contributed by atoms with Crippen molar-refractivity contribution in [3.8, 4) is 22.3 Å². The van der Waals surface area contributed by atoms with E-state index in [1.54, 1.807) is 0 Å². The largest absolute Gasteiger partial charge is 0.455 e. The summed E-state index contributed by atoms with van der Waals surface area (Å²) in [6.45, 7) is 0. The summed E-state index contributed by atoms with van der Waals surface area (Å²) >= 11 is 0. The van der Waals surface area contributed by atoms with E-state index in [0.29, 0.717) is 0 Å². The molecule has 46 heavy (non-hydrogen) atoms. The lowest BCUT2D eigenvalue weighted by molar-refractivity contribution is 0.670. The fourth-order valence-electron chi connectivity index (χ4n) is 8.39. The summed E-state index contributed by atoms with van der Waals surface area (Å²) in [5.41, 5.74) is 11.4. The Bertz CT molecular complexity index is 2590. The summed E-state index contributed by atoms with van der Waals surface area (Å²) in [6.07, 6.45) is 0. The molecule has 0 atom stereocenters. The summed E-state index contributed by atoms with van der Waals surface area (Å²) < 4.78 is 6.67. The second-order valence-electron chi connectivity index (χ2n) is 12.3. The highest BCUT2D eigenvalue weighted by molar-refractivity contribution is 6.26. The van der Waals surface area contributed by atoms with Crippen LogP contribution in [0, 0.1) is 0 Å². The molecule has 9 aromatic rings. The van der Waals surface area contributed by atoms with Crippen LogP contribution in [0.1, 0.15) is 22.3 Å². The van der Waals surface area contributed by atoms with Gasteiger partial charge in [0, 0.05) is 21.9 Å². The maximum Gasteiger partial charge on any atom is 0.143 e. The number of fused-ring (bicyclic) bond motifs is 7. The van der Waals surface area contributed by atoms with E-state index in [1.807, 2.05) is 6.07 Å². The summed E-state index contributed by atoms with van der Waals surface area (Å²) in [5, 5.41) is 7.32. The van der Waals surface area contributed by atoms with Crippen LogP contribution in [0.5, 0.6) is 0 Å². The van der Waals surface area contributed by atoms with Crippen LogP contribution < -0.4 is 0 Å². The third-order valence-electron chi connectivity index (χ3n) is 10.1. The zero-order valence-electron chi connectivity index (χ0n) is 25.1. The van der Waals surface area contributed by atoms with Crippen LogP contribution in [0.2, 0.25) is 0 Å². The quantitative estimate of drug-likeness (QED) is 0.188. The van der Waals surface area contributed by atoms with E-state index in [9.17, 15) is 0 Å². The molecule has 1 nitrogen and oxygen atoms in total. The van der Waals surface area contributed by atoms with Crippen molar-refractivity contribution in [2.75, 3.05) is 0 Å². The van der Waals surface area contributed by atoms with E-state index >= 15 is 0 Å². The van der Waals surface area contributed by atoms with Gasteiger partial charge in [0.25, 0.3) is 0 Å². The number of para-hydroxylation sites is 2. The van der Waals surface area contributed by atoms with E-state index in [-0.39, 0.29) is 0 Å². The van der Waals surface area contributed by atoms with Crippen LogP contribution >= 0.6 is 0 Å². The van der Waals surface area contributed by atoms with E-state index < -0.39 is 5.41 Å². The van der Waals surface area contributed by atoms with Crippen LogP contribution in [0.25, 0.3) is 65.7 Å². The van der Waals surface area contributed by atoms with Crippen LogP contribution in [0.15, 0.2) is 174 Å². The van der Waals surface area contributed by atoms with Gasteiger partial charge >= 0.3 is 0 Å². The Balaban J connectivity index is 1.45. The standard InChI is InChI=1S/C45H28O/c1-3-15-29(16-4-1)45(30-17-5-2-6-18-30)38-26-11-9-22-35(38)42-33-21-8-7-20-32(33)41(36-24-14-27-39(45)43(36)42)37-25-13-23-34-31-19-10-12-28-40(31)46-44(34)37/h1-28H. The molecule has 0 bridgehead atoms. The first-order chi connectivity index (χ1) is 22.9. The number of rotatable bonds is 3. The van der Waals surface area contributed by atoms with Crippen molar-refractivity contribution in [2.45, 2.75) is 5.41 Å². The highest BCUT2D eigenvalue weighted by atomic mass is 16.3. The predicted octanol–water partition coefficient (Wildman–Crippen LogP) is 11.9. The molecule has 0 unspecified atom stereocenters. The van der Waals surface area contributed by atoms with Crippen molar-refractivity contribution in [2.24, 2.45) is 0 Å². The third-order valence-corrected chi connectivity index (χ3v) is 10.1. The molecule has 1 heterocycles. The first-order valence-electron chi connectivity index (χ1n) is 15.9. The Morgan fingerprint density at radius 1 is 0.348 bits per heavy atom. The molecule has 1 aromatic heterocycles. The van der Waals surface area contributed by atoms with E-state index in [2.05, 4.69) is 164 Å². The van der Waals surface area contributed by atoms with Crippen LogP contribution in [-0.4, -0.2) is 0 Å². The molecule has 1 aliphatic rings. The number of benzene rings is 8. The minimum absolute atomic E-state index is 0.503.